The summed E-state index contributed by atoms with van der Waals surface area (Å²) in [5, 5.41) is 5.99. The lowest BCUT2D eigenvalue weighted by Gasteiger charge is -2.20. The molecule has 0 aliphatic heterocycles. The summed E-state index contributed by atoms with van der Waals surface area (Å²) in [4.78, 5) is 8.83. The molecule has 21 heavy (non-hydrogen) atoms. The van der Waals surface area contributed by atoms with Crippen LogP contribution in [0.5, 0.6) is 0 Å². The Hall–Kier alpha value is -1.10. The van der Waals surface area contributed by atoms with Crippen molar-refractivity contribution in [2.45, 2.75) is 49.8 Å². The molecule has 3 nitrogen and oxygen atoms in total. The van der Waals surface area contributed by atoms with E-state index < -0.39 is 0 Å². The fourth-order valence-electron chi connectivity index (χ4n) is 1.71. The summed E-state index contributed by atoms with van der Waals surface area (Å²) >= 11 is 7.40. The number of hydrogen-bond donors (Lipinski definition) is 1. The molecular weight excluding hydrogens is 302 g/mol. The van der Waals surface area contributed by atoms with Gasteiger partial charge in [0.15, 0.2) is 0 Å². The van der Waals surface area contributed by atoms with Gasteiger partial charge in [-0.2, -0.15) is 0 Å². The second kappa shape index (κ2) is 6.77. The normalized spacial score (nSPS) is 11.7. The standard InChI is InChI=1S/C16H20ClN3S/c1-11-7-12(9-20-16(2,3)4)8-19-15(11)21-14-6-5-13(17)10-18-14/h5-8,10,20H,9H2,1-4H3. The molecule has 0 radical (unpaired) electrons. The Balaban J connectivity index is 2.07. The fourth-order valence-corrected chi connectivity index (χ4v) is 2.59. The third-order valence-electron chi connectivity index (χ3n) is 2.81. The molecule has 0 saturated carbocycles. The van der Waals surface area contributed by atoms with Gasteiger partial charge in [0.1, 0.15) is 10.1 Å². The molecule has 0 fully saturated rings. The number of pyridine rings is 2. The fraction of sp³-hybridized carbons (Fsp3) is 0.375. The predicted molar refractivity (Wildman–Crippen MR) is 88.9 cm³/mol. The summed E-state index contributed by atoms with van der Waals surface area (Å²) in [5.41, 5.74) is 2.45. The van der Waals surface area contributed by atoms with Crippen LogP contribution in [0, 0.1) is 6.92 Å². The van der Waals surface area contributed by atoms with Crippen molar-refractivity contribution in [3.8, 4) is 0 Å². The second-order valence-electron chi connectivity index (χ2n) is 5.99. The maximum Gasteiger partial charge on any atom is 0.105 e. The average Bonchev–Trinajstić information content (AvgIpc) is 2.41. The van der Waals surface area contributed by atoms with Gasteiger partial charge in [-0.1, -0.05) is 17.7 Å². The van der Waals surface area contributed by atoms with Gasteiger partial charge in [-0.3, -0.25) is 0 Å². The number of rotatable bonds is 4. The van der Waals surface area contributed by atoms with E-state index in [4.69, 9.17) is 11.6 Å². The number of nitrogens with one attached hydrogen (secondary N) is 1. The zero-order chi connectivity index (χ0) is 15.5. The molecule has 1 N–H and O–H groups in total. The molecule has 5 heteroatoms. The molecule has 0 amide bonds. The minimum absolute atomic E-state index is 0.106. The summed E-state index contributed by atoms with van der Waals surface area (Å²) < 4.78 is 0. The van der Waals surface area contributed by atoms with Crippen molar-refractivity contribution in [2.24, 2.45) is 0 Å². The zero-order valence-corrected chi connectivity index (χ0v) is 14.3. The Kier molecular flexibility index (Phi) is 5.25. The third kappa shape index (κ3) is 5.30. The van der Waals surface area contributed by atoms with E-state index in [-0.39, 0.29) is 5.54 Å². The van der Waals surface area contributed by atoms with E-state index in [1.54, 1.807) is 18.0 Å². The molecule has 0 aromatic carbocycles. The first kappa shape index (κ1) is 16.3. The summed E-state index contributed by atoms with van der Waals surface area (Å²) in [6.45, 7) is 9.37. The van der Waals surface area contributed by atoms with E-state index in [1.165, 1.54) is 5.56 Å². The number of aromatic nitrogens is 2. The Morgan fingerprint density at radius 3 is 2.52 bits per heavy atom. The molecule has 0 spiro atoms. The second-order valence-corrected chi connectivity index (χ2v) is 7.43. The highest BCUT2D eigenvalue weighted by atomic mass is 35.5. The van der Waals surface area contributed by atoms with E-state index in [9.17, 15) is 0 Å². The topological polar surface area (TPSA) is 37.8 Å². The predicted octanol–water partition coefficient (Wildman–Crippen LogP) is 4.48. The van der Waals surface area contributed by atoms with Gasteiger partial charge in [-0.15, -0.1) is 0 Å². The van der Waals surface area contributed by atoms with Crippen LogP contribution in [0.3, 0.4) is 0 Å². The summed E-state index contributed by atoms with van der Waals surface area (Å²) in [5.74, 6) is 0. The van der Waals surface area contributed by atoms with Crippen LogP contribution in [0.15, 0.2) is 40.6 Å². The molecule has 0 saturated heterocycles. The van der Waals surface area contributed by atoms with E-state index in [1.807, 2.05) is 18.3 Å². The molecule has 0 aliphatic rings. The molecule has 0 bridgehead atoms. The van der Waals surface area contributed by atoms with Gasteiger partial charge < -0.3 is 5.32 Å². The quantitative estimate of drug-likeness (QED) is 0.901. The monoisotopic (exact) mass is 321 g/mol. The van der Waals surface area contributed by atoms with Crippen LogP contribution in [-0.2, 0) is 6.54 Å². The van der Waals surface area contributed by atoms with Gasteiger partial charge in [0.25, 0.3) is 0 Å². The molecule has 2 heterocycles. The van der Waals surface area contributed by atoms with Gasteiger partial charge in [0, 0.05) is 24.5 Å². The lowest BCUT2D eigenvalue weighted by Crippen LogP contribution is -2.35. The lowest BCUT2D eigenvalue weighted by molar-refractivity contribution is 0.424. The van der Waals surface area contributed by atoms with Crippen molar-refractivity contribution in [3.63, 3.8) is 0 Å². The van der Waals surface area contributed by atoms with Gasteiger partial charge in [-0.25, -0.2) is 9.97 Å². The first-order valence-corrected chi connectivity index (χ1v) is 8.03. The number of aryl methyl sites for hydroxylation is 1. The van der Waals surface area contributed by atoms with Gasteiger partial charge in [-0.05, 0) is 62.7 Å². The smallest absolute Gasteiger partial charge is 0.105 e. The van der Waals surface area contributed by atoms with E-state index >= 15 is 0 Å². The minimum Gasteiger partial charge on any atom is -0.308 e. The summed E-state index contributed by atoms with van der Waals surface area (Å²) in [6.07, 6.45) is 3.57. The Labute approximate surface area is 135 Å². The highest BCUT2D eigenvalue weighted by Crippen LogP contribution is 2.27. The number of nitrogens with zero attached hydrogens (tertiary/aromatic N) is 2. The molecule has 0 aliphatic carbocycles. The zero-order valence-electron chi connectivity index (χ0n) is 12.8. The van der Waals surface area contributed by atoms with Crippen LogP contribution in [0.25, 0.3) is 0 Å². The SMILES string of the molecule is Cc1cc(CNC(C)(C)C)cnc1Sc1ccc(Cl)cn1. The van der Waals surface area contributed by atoms with Crippen molar-refractivity contribution >= 4 is 23.4 Å². The van der Waals surface area contributed by atoms with Crippen molar-refractivity contribution in [1.29, 1.82) is 0 Å². The molecule has 2 aromatic heterocycles. The largest absolute Gasteiger partial charge is 0.308 e. The van der Waals surface area contributed by atoms with Crippen molar-refractivity contribution in [3.05, 3.63) is 46.7 Å². The summed E-state index contributed by atoms with van der Waals surface area (Å²) in [7, 11) is 0. The number of hydrogen-bond acceptors (Lipinski definition) is 4. The van der Waals surface area contributed by atoms with Crippen molar-refractivity contribution < 1.29 is 0 Å². The number of halogens is 1. The Bertz CT molecular complexity index is 606. The maximum atomic E-state index is 5.84. The van der Waals surface area contributed by atoms with E-state index in [0.29, 0.717) is 5.02 Å². The van der Waals surface area contributed by atoms with Crippen LogP contribution in [-0.4, -0.2) is 15.5 Å². The van der Waals surface area contributed by atoms with Crippen molar-refractivity contribution in [2.75, 3.05) is 0 Å². The molecular formula is C16H20ClN3S. The molecule has 112 valence electrons. The first-order valence-electron chi connectivity index (χ1n) is 6.83. The molecule has 2 aromatic rings. The maximum absolute atomic E-state index is 5.84. The van der Waals surface area contributed by atoms with Gasteiger partial charge >= 0.3 is 0 Å². The van der Waals surface area contributed by atoms with E-state index in [2.05, 4.69) is 49.0 Å². The Morgan fingerprint density at radius 2 is 1.95 bits per heavy atom. The highest BCUT2D eigenvalue weighted by Gasteiger charge is 2.10. The van der Waals surface area contributed by atoms with Crippen LogP contribution in [0.4, 0.5) is 0 Å². The lowest BCUT2D eigenvalue weighted by atomic mass is 10.1. The van der Waals surface area contributed by atoms with Crippen LogP contribution in [0.1, 0.15) is 31.9 Å². The molecule has 2 rings (SSSR count). The van der Waals surface area contributed by atoms with E-state index in [0.717, 1.165) is 22.2 Å². The van der Waals surface area contributed by atoms with Crippen molar-refractivity contribution in [1.82, 2.24) is 15.3 Å². The van der Waals surface area contributed by atoms with Crippen LogP contribution in [0.2, 0.25) is 5.02 Å². The van der Waals surface area contributed by atoms with Crippen LogP contribution >= 0.6 is 23.4 Å². The van der Waals surface area contributed by atoms with Crippen LogP contribution < -0.4 is 5.32 Å². The first-order chi connectivity index (χ1) is 9.83. The minimum atomic E-state index is 0.106. The molecule has 0 unspecified atom stereocenters. The average molecular weight is 322 g/mol. The summed E-state index contributed by atoms with van der Waals surface area (Å²) in [6, 6.07) is 5.92. The third-order valence-corrected chi connectivity index (χ3v) is 4.11. The molecule has 0 atom stereocenters. The van der Waals surface area contributed by atoms with Gasteiger partial charge in [0.2, 0.25) is 0 Å². The Morgan fingerprint density at radius 1 is 1.19 bits per heavy atom. The van der Waals surface area contributed by atoms with Gasteiger partial charge in [0.05, 0.1) is 5.02 Å². The highest BCUT2D eigenvalue weighted by molar-refractivity contribution is 7.99.